The normalized spacial score (nSPS) is 19.6. The molecule has 0 saturated heterocycles. The third-order valence-electron chi connectivity index (χ3n) is 2.68. The molecule has 1 unspecified atom stereocenters. The van der Waals surface area contributed by atoms with Crippen LogP contribution in [0.3, 0.4) is 0 Å². The van der Waals surface area contributed by atoms with E-state index >= 15 is 0 Å². The lowest BCUT2D eigenvalue weighted by Gasteiger charge is -2.13. The monoisotopic (exact) mass is 217 g/mol. The zero-order valence-electron chi connectivity index (χ0n) is 8.45. The van der Waals surface area contributed by atoms with Crippen molar-refractivity contribution in [1.82, 2.24) is 0 Å². The van der Waals surface area contributed by atoms with E-state index in [0.717, 1.165) is 0 Å². The standard InChI is InChI=1S/C10H19NO2S/c11-9(5-6-14)10(12)13-7-8-3-1-2-4-8/h8-9,14H,1-7,11H2. The number of hydrogen-bond acceptors (Lipinski definition) is 4. The van der Waals surface area contributed by atoms with Gasteiger partial charge in [-0.15, -0.1) is 0 Å². The van der Waals surface area contributed by atoms with Crippen LogP contribution >= 0.6 is 12.6 Å². The SMILES string of the molecule is NC(CCS)C(=O)OCC1CCCC1. The van der Waals surface area contributed by atoms with Crippen molar-refractivity contribution in [2.45, 2.75) is 38.1 Å². The van der Waals surface area contributed by atoms with E-state index in [0.29, 0.717) is 24.7 Å². The molecule has 1 rings (SSSR count). The zero-order chi connectivity index (χ0) is 10.4. The highest BCUT2D eigenvalue weighted by Gasteiger charge is 2.19. The van der Waals surface area contributed by atoms with E-state index in [2.05, 4.69) is 12.6 Å². The number of carbonyl (C=O) groups excluding carboxylic acids is 1. The zero-order valence-corrected chi connectivity index (χ0v) is 9.34. The Kier molecular flexibility index (Phi) is 5.33. The van der Waals surface area contributed by atoms with Gasteiger partial charge < -0.3 is 10.5 Å². The Morgan fingerprint density at radius 3 is 2.71 bits per heavy atom. The first-order valence-corrected chi connectivity index (χ1v) is 5.90. The average Bonchev–Trinajstić information content (AvgIpc) is 2.67. The van der Waals surface area contributed by atoms with Crippen LogP contribution in [-0.4, -0.2) is 24.4 Å². The maximum Gasteiger partial charge on any atom is 0.322 e. The van der Waals surface area contributed by atoms with Crippen LogP contribution in [-0.2, 0) is 9.53 Å². The summed E-state index contributed by atoms with van der Waals surface area (Å²) in [5.74, 6) is 0.924. The van der Waals surface area contributed by atoms with E-state index in [1.807, 2.05) is 0 Å². The minimum Gasteiger partial charge on any atom is -0.464 e. The van der Waals surface area contributed by atoms with Crippen molar-refractivity contribution >= 4 is 18.6 Å². The Morgan fingerprint density at radius 1 is 1.50 bits per heavy atom. The smallest absolute Gasteiger partial charge is 0.322 e. The van der Waals surface area contributed by atoms with Gasteiger partial charge in [0.1, 0.15) is 6.04 Å². The molecular formula is C10H19NO2S. The van der Waals surface area contributed by atoms with Crippen LogP contribution in [0.15, 0.2) is 0 Å². The van der Waals surface area contributed by atoms with Gasteiger partial charge >= 0.3 is 5.97 Å². The van der Waals surface area contributed by atoms with Gasteiger partial charge in [0.05, 0.1) is 6.61 Å². The molecule has 4 heteroatoms. The van der Waals surface area contributed by atoms with Gasteiger partial charge in [0.25, 0.3) is 0 Å². The van der Waals surface area contributed by atoms with E-state index in [9.17, 15) is 4.79 Å². The van der Waals surface area contributed by atoms with Crippen LogP contribution in [0, 0.1) is 5.92 Å². The molecule has 3 nitrogen and oxygen atoms in total. The minimum atomic E-state index is -0.492. The number of nitrogens with two attached hydrogens (primary N) is 1. The summed E-state index contributed by atoms with van der Waals surface area (Å²) in [5.41, 5.74) is 5.59. The molecule has 1 atom stereocenters. The van der Waals surface area contributed by atoms with E-state index in [1.54, 1.807) is 0 Å². The third kappa shape index (κ3) is 3.88. The molecule has 82 valence electrons. The number of ether oxygens (including phenoxy) is 1. The second kappa shape index (κ2) is 6.30. The molecule has 1 saturated carbocycles. The Labute approximate surface area is 90.8 Å². The molecule has 0 aromatic rings. The highest BCUT2D eigenvalue weighted by molar-refractivity contribution is 7.80. The molecule has 14 heavy (non-hydrogen) atoms. The summed E-state index contributed by atoms with van der Waals surface area (Å²) < 4.78 is 5.14. The first kappa shape index (κ1) is 11.9. The van der Waals surface area contributed by atoms with E-state index < -0.39 is 6.04 Å². The fourth-order valence-electron chi connectivity index (χ4n) is 1.74. The van der Waals surface area contributed by atoms with Gasteiger partial charge in [-0.1, -0.05) is 12.8 Å². The maximum absolute atomic E-state index is 11.3. The Morgan fingerprint density at radius 2 is 2.14 bits per heavy atom. The quantitative estimate of drug-likeness (QED) is 0.540. The van der Waals surface area contributed by atoms with Gasteiger partial charge in [0.15, 0.2) is 0 Å². The van der Waals surface area contributed by atoms with E-state index in [-0.39, 0.29) is 5.97 Å². The van der Waals surface area contributed by atoms with Gasteiger partial charge in [-0.2, -0.15) is 12.6 Å². The second-order valence-corrected chi connectivity index (χ2v) is 4.35. The lowest BCUT2D eigenvalue weighted by atomic mass is 10.1. The lowest BCUT2D eigenvalue weighted by molar-refractivity contribution is -0.146. The van der Waals surface area contributed by atoms with Crippen LogP contribution in [0.1, 0.15) is 32.1 Å². The van der Waals surface area contributed by atoms with Crippen molar-refractivity contribution in [3.05, 3.63) is 0 Å². The highest BCUT2D eigenvalue weighted by atomic mass is 32.1. The molecule has 1 fully saturated rings. The Balaban J connectivity index is 2.13. The van der Waals surface area contributed by atoms with Crippen molar-refractivity contribution < 1.29 is 9.53 Å². The predicted molar refractivity (Wildman–Crippen MR) is 59.4 cm³/mol. The van der Waals surface area contributed by atoms with Crippen molar-refractivity contribution in [3.63, 3.8) is 0 Å². The van der Waals surface area contributed by atoms with Crippen LogP contribution in [0.25, 0.3) is 0 Å². The van der Waals surface area contributed by atoms with Gasteiger partial charge in [0, 0.05) is 0 Å². The average molecular weight is 217 g/mol. The van der Waals surface area contributed by atoms with Crippen molar-refractivity contribution in [2.75, 3.05) is 12.4 Å². The predicted octanol–water partition coefficient (Wildman–Crippen LogP) is 1.37. The van der Waals surface area contributed by atoms with Crippen molar-refractivity contribution in [2.24, 2.45) is 11.7 Å². The summed E-state index contributed by atoms with van der Waals surface area (Å²) in [6, 6.07) is -0.492. The first-order valence-electron chi connectivity index (χ1n) is 5.27. The molecule has 0 aliphatic heterocycles. The first-order chi connectivity index (χ1) is 6.74. The topological polar surface area (TPSA) is 52.3 Å². The highest BCUT2D eigenvalue weighted by Crippen LogP contribution is 2.24. The number of hydrogen-bond donors (Lipinski definition) is 2. The van der Waals surface area contributed by atoms with Crippen LogP contribution in [0.5, 0.6) is 0 Å². The van der Waals surface area contributed by atoms with Gasteiger partial charge in [-0.25, -0.2) is 0 Å². The van der Waals surface area contributed by atoms with E-state index in [1.165, 1.54) is 25.7 Å². The number of carbonyl (C=O) groups is 1. The second-order valence-electron chi connectivity index (χ2n) is 3.90. The Hall–Kier alpha value is -0.220. The van der Waals surface area contributed by atoms with Crippen LogP contribution < -0.4 is 5.73 Å². The molecule has 0 aromatic carbocycles. The summed E-state index contributed by atoms with van der Waals surface area (Å²) >= 11 is 4.02. The largest absolute Gasteiger partial charge is 0.464 e. The van der Waals surface area contributed by atoms with Crippen LogP contribution in [0.2, 0.25) is 0 Å². The number of thiol groups is 1. The summed E-state index contributed by atoms with van der Waals surface area (Å²) in [6.45, 7) is 0.555. The molecule has 0 radical (unpaired) electrons. The molecule has 0 bridgehead atoms. The molecule has 2 N–H and O–H groups in total. The molecule has 0 aromatic heterocycles. The lowest BCUT2D eigenvalue weighted by Crippen LogP contribution is -2.33. The van der Waals surface area contributed by atoms with Crippen molar-refractivity contribution in [3.8, 4) is 0 Å². The molecule has 0 amide bonds. The van der Waals surface area contributed by atoms with Gasteiger partial charge in [-0.3, -0.25) is 4.79 Å². The van der Waals surface area contributed by atoms with Gasteiger partial charge in [0.2, 0.25) is 0 Å². The molecular weight excluding hydrogens is 198 g/mol. The molecule has 1 aliphatic carbocycles. The number of rotatable bonds is 5. The van der Waals surface area contributed by atoms with E-state index in [4.69, 9.17) is 10.5 Å². The summed E-state index contributed by atoms with van der Waals surface area (Å²) in [4.78, 5) is 11.3. The van der Waals surface area contributed by atoms with Crippen molar-refractivity contribution in [1.29, 1.82) is 0 Å². The fraction of sp³-hybridized carbons (Fsp3) is 0.900. The minimum absolute atomic E-state index is 0.272. The van der Waals surface area contributed by atoms with Crippen LogP contribution in [0.4, 0.5) is 0 Å². The Bertz CT molecular complexity index is 181. The molecule has 1 aliphatic rings. The maximum atomic E-state index is 11.3. The molecule has 0 spiro atoms. The van der Waals surface area contributed by atoms with Gasteiger partial charge in [-0.05, 0) is 30.9 Å². The summed E-state index contributed by atoms with van der Waals surface area (Å²) in [6.07, 6.45) is 5.51. The number of esters is 1. The summed E-state index contributed by atoms with van der Waals surface area (Å²) in [7, 11) is 0. The third-order valence-corrected chi connectivity index (χ3v) is 2.94. The fourth-order valence-corrected chi connectivity index (χ4v) is 2.02. The summed E-state index contributed by atoms with van der Waals surface area (Å²) in [5, 5.41) is 0. The molecule has 0 heterocycles.